The molecule has 1 aliphatic carbocycles. The summed E-state index contributed by atoms with van der Waals surface area (Å²) in [4.78, 5) is 16.3. The van der Waals surface area contributed by atoms with Crippen molar-refractivity contribution in [3.05, 3.63) is 29.8 Å². The highest BCUT2D eigenvalue weighted by Gasteiger charge is 2.51. The second-order valence-electron chi connectivity index (χ2n) is 7.27. The third-order valence-electron chi connectivity index (χ3n) is 5.18. The van der Waals surface area contributed by atoms with Gasteiger partial charge >= 0.3 is 6.03 Å². The summed E-state index contributed by atoms with van der Waals surface area (Å²) in [7, 11) is 4.03. The van der Waals surface area contributed by atoms with Crippen LogP contribution in [0.3, 0.4) is 0 Å². The molecule has 0 unspecified atom stereocenters. The largest absolute Gasteiger partial charge is 0.492 e. The number of amides is 2. The SMILES string of the molecule is CN(C)CCOc1ccccc1CNC(=O)N1C[C@@H]2CC[C@]2(N)C1. The number of hydrogen-bond acceptors (Lipinski definition) is 4. The second-order valence-corrected chi connectivity index (χ2v) is 7.27. The molecular weight excluding hydrogens is 304 g/mol. The molecule has 2 atom stereocenters. The second kappa shape index (κ2) is 6.99. The van der Waals surface area contributed by atoms with Gasteiger partial charge < -0.3 is 25.6 Å². The van der Waals surface area contributed by atoms with Crippen LogP contribution in [-0.4, -0.2) is 61.7 Å². The first-order chi connectivity index (χ1) is 11.5. The van der Waals surface area contributed by atoms with Crippen molar-refractivity contribution in [2.45, 2.75) is 24.9 Å². The Kier molecular flexibility index (Phi) is 4.96. The van der Waals surface area contributed by atoms with Gasteiger partial charge in [0.05, 0.1) is 0 Å². The van der Waals surface area contributed by atoms with Gasteiger partial charge in [-0.15, -0.1) is 0 Å². The van der Waals surface area contributed by atoms with E-state index in [1.807, 2.05) is 43.3 Å². The first kappa shape index (κ1) is 17.0. The summed E-state index contributed by atoms with van der Waals surface area (Å²) in [6.45, 7) is 3.40. The highest BCUT2D eigenvalue weighted by molar-refractivity contribution is 5.75. The standard InChI is InChI=1S/C18H28N4O2/c1-21(2)9-10-24-16-6-4-3-5-14(16)11-20-17(23)22-12-15-7-8-18(15,19)13-22/h3-6,15H,7-13,19H2,1-2H3,(H,20,23)/t15-,18-/m0/s1. The number of nitrogens with two attached hydrogens (primary N) is 1. The molecule has 2 fully saturated rings. The Bertz CT molecular complexity index is 592. The number of hydrogen-bond donors (Lipinski definition) is 2. The van der Waals surface area contributed by atoms with Crippen molar-refractivity contribution in [3.8, 4) is 5.75 Å². The summed E-state index contributed by atoms with van der Waals surface area (Å²) in [5.41, 5.74) is 7.16. The molecule has 1 aromatic rings. The third kappa shape index (κ3) is 3.65. The molecule has 1 aliphatic heterocycles. The van der Waals surface area contributed by atoms with Crippen LogP contribution < -0.4 is 15.8 Å². The molecule has 3 rings (SSSR count). The summed E-state index contributed by atoms with van der Waals surface area (Å²) in [5, 5.41) is 3.01. The Balaban J connectivity index is 1.52. The molecule has 0 radical (unpaired) electrons. The van der Waals surface area contributed by atoms with E-state index >= 15 is 0 Å². The molecule has 1 heterocycles. The van der Waals surface area contributed by atoms with Gasteiger partial charge in [-0.2, -0.15) is 0 Å². The minimum Gasteiger partial charge on any atom is -0.492 e. The summed E-state index contributed by atoms with van der Waals surface area (Å²) in [6.07, 6.45) is 2.17. The lowest BCUT2D eigenvalue weighted by Crippen LogP contribution is -2.55. The number of ether oxygens (including phenoxy) is 1. The number of urea groups is 1. The van der Waals surface area contributed by atoms with Gasteiger partial charge in [-0.25, -0.2) is 4.79 Å². The smallest absolute Gasteiger partial charge is 0.317 e. The molecule has 6 heteroatoms. The molecule has 0 bridgehead atoms. The van der Waals surface area contributed by atoms with E-state index in [-0.39, 0.29) is 11.6 Å². The van der Waals surface area contributed by atoms with E-state index in [4.69, 9.17) is 10.5 Å². The number of carbonyl (C=O) groups excluding carboxylic acids is 1. The van der Waals surface area contributed by atoms with E-state index in [9.17, 15) is 4.79 Å². The fourth-order valence-electron chi connectivity index (χ4n) is 3.45. The average Bonchev–Trinajstić information content (AvgIpc) is 2.77. The molecule has 1 saturated carbocycles. The van der Waals surface area contributed by atoms with Crippen molar-refractivity contribution in [2.24, 2.45) is 11.7 Å². The Morgan fingerprint density at radius 1 is 1.46 bits per heavy atom. The lowest BCUT2D eigenvalue weighted by Gasteiger charge is -2.39. The predicted octanol–water partition coefficient (Wildman–Crippen LogP) is 1.26. The van der Waals surface area contributed by atoms with Gasteiger partial charge in [0.2, 0.25) is 0 Å². The number of rotatable bonds is 6. The number of fused-ring (bicyclic) bond motifs is 1. The van der Waals surface area contributed by atoms with Crippen molar-refractivity contribution < 1.29 is 9.53 Å². The summed E-state index contributed by atoms with van der Waals surface area (Å²) >= 11 is 0. The van der Waals surface area contributed by atoms with Gasteiger partial charge in [0, 0.05) is 37.3 Å². The third-order valence-corrected chi connectivity index (χ3v) is 5.18. The maximum Gasteiger partial charge on any atom is 0.317 e. The van der Waals surface area contributed by atoms with E-state index < -0.39 is 0 Å². The minimum absolute atomic E-state index is 0.0303. The molecule has 6 nitrogen and oxygen atoms in total. The zero-order chi connectivity index (χ0) is 17.2. The zero-order valence-electron chi connectivity index (χ0n) is 14.6. The maximum atomic E-state index is 12.4. The zero-order valence-corrected chi connectivity index (χ0v) is 14.6. The normalized spacial score (nSPS) is 25.3. The molecule has 1 saturated heterocycles. The number of nitrogens with zero attached hydrogens (tertiary/aromatic N) is 2. The van der Waals surface area contributed by atoms with Crippen LogP contribution in [0.1, 0.15) is 18.4 Å². The van der Waals surface area contributed by atoms with Crippen LogP contribution in [0.4, 0.5) is 4.79 Å². The van der Waals surface area contributed by atoms with Crippen LogP contribution in [0.25, 0.3) is 0 Å². The number of benzene rings is 1. The molecule has 2 amide bonds. The van der Waals surface area contributed by atoms with Crippen molar-refractivity contribution in [3.63, 3.8) is 0 Å². The van der Waals surface area contributed by atoms with Crippen LogP contribution >= 0.6 is 0 Å². The highest BCUT2D eigenvalue weighted by Crippen LogP contribution is 2.42. The van der Waals surface area contributed by atoms with E-state index in [2.05, 4.69) is 10.2 Å². The fraction of sp³-hybridized carbons (Fsp3) is 0.611. The van der Waals surface area contributed by atoms with Gasteiger partial charge in [-0.05, 0) is 38.9 Å². The van der Waals surface area contributed by atoms with Crippen molar-refractivity contribution in [1.29, 1.82) is 0 Å². The van der Waals surface area contributed by atoms with E-state index in [1.54, 1.807) is 0 Å². The van der Waals surface area contributed by atoms with Crippen LogP contribution in [0.15, 0.2) is 24.3 Å². The molecule has 132 valence electrons. The van der Waals surface area contributed by atoms with Crippen LogP contribution in [0, 0.1) is 5.92 Å². The molecule has 1 aromatic carbocycles. The van der Waals surface area contributed by atoms with Gasteiger partial charge in [-0.3, -0.25) is 0 Å². The fourth-order valence-corrected chi connectivity index (χ4v) is 3.45. The molecule has 24 heavy (non-hydrogen) atoms. The number of carbonyl (C=O) groups is 1. The van der Waals surface area contributed by atoms with Gasteiger partial charge in [0.15, 0.2) is 0 Å². The van der Waals surface area contributed by atoms with E-state index in [0.29, 0.717) is 25.6 Å². The Labute approximate surface area is 143 Å². The maximum absolute atomic E-state index is 12.4. The molecular formula is C18H28N4O2. The first-order valence-electron chi connectivity index (χ1n) is 8.65. The highest BCUT2D eigenvalue weighted by atomic mass is 16.5. The lowest BCUT2D eigenvalue weighted by molar-refractivity contribution is 0.187. The molecule has 0 aromatic heterocycles. The number of likely N-dealkylation sites (tertiary alicyclic amines) is 1. The van der Waals surface area contributed by atoms with Crippen LogP contribution in [-0.2, 0) is 6.54 Å². The van der Waals surface area contributed by atoms with E-state index in [0.717, 1.165) is 37.2 Å². The minimum atomic E-state index is -0.134. The Morgan fingerprint density at radius 2 is 2.25 bits per heavy atom. The monoisotopic (exact) mass is 332 g/mol. The van der Waals surface area contributed by atoms with Crippen molar-refractivity contribution in [2.75, 3.05) is 40.3 Å². The van der Waals surface area contributed by atoms with Crippen LogP contribution in [0.2, 0.25) is 0 Å². The summed E-state index contributed by atoms with van der Waals surface area (Å²) in [6, 6.07) is 7.82. The Hall–Kier alpha value is -1.79. The van der Waals surface area contributed by atoms with Gasteiger partial charge in [-0.1, -0.05) is 18.2 Å². The van der Waals surface area contributed by atoms with Crippen molar-refractivity contribution in [1.82, 2.24) is 15.1 Å². The number of nitrogens with one attached hydrogen (secondary N) is 1. The van der Waals surface area contributed by atoms with E-state index in [1.165, 1.54) is 0 Å². The van der Waals surface area contributed by atoms with Gasteiger partial charge in [0.1, 0.15) is 12.4 Å². The molecule has 0 spiro atoms. The summed E-state index contributed by atoms with van der Waals surface area (Å²) < 4.78 is 5.84. The topological polar surface area (TPSA) is 70.8 Å². The molecule has 2 aliphatic rings. The quantitative estimate of drug-likeness (QED) is 0.823. The van der Waals surface area contributed by atoms with Gasteiger partial charge in [0.25, 0.3) is 0 Å². The predicted molar refractivity (Wildman–Crippen MR) is 93.9 cm³/mol. The first-order valence-corrected chi connectivity index (χ1v) is 8.65. The lowest BCUT2D eigenvalue weighted by atomic mass is 9.70. The van der Waals surface area contributed by atoms with Crippen LogP contribution in [0.5, 0.6) is 5.75 Å². The summed E-state index contributed by atoms with van der Waals surface area (Å²) in [5.74, 6) is 1.31. The Morgan fingerprint density at radius 3 is 2.88 bits per heavy atom. The molecule has 3 N–H and O–H groups in total. The average molecular weight is 332 g/mol. The number of para-hydroxylation sites is 1. The van der Waals surface area contributed by atoms with Crippen molar-refractivity contribution >= 4 is 6.03 Å². The number of likely N-dealkylation sites (N-methyl/N-ethyl adjacent to an activating group) is 1.